The van der Waals surface area contributed by atoms with Crippen LogP contribution in [-0.4, -0.2) is 12.6 Å². The highest BCUT2D eigenvalue weighted by molar-refractivity contribution is 6.17. The van der Waals surface area contributed by atoms with Crippen LogP contribution in [0.3, 0.4) is 0 Å². The molecular weight excluding hydrogens is 268 g/mol. The molecule has 1 aliphatic heterocycles. The summed E-state index contributed by atoms with van der Waals surface area (Å²) in [5, 5.41) is 9.45. The van der Waals surface area contributed by atoms with Crippen LogP contribution in [0.15, 0.2) is 18.2 Å². The summed E-state index contributed by atoms with van der Waals surface area (Å²) in [5.41, 5.74) is 2.94. The Morgan fingerprint density at radius 3 is 2.80 bits per heavy atom. The number of rotatable bonds is 2. The van der Waals surface area contributed by atoms with Crippen molar-refractivity contribution in [2.75, 3.05) is 11.4 Å². The Labute approximate surface area is 126 Å². The summed E-state index contributed by atoms with van der Waals surface area (Å²) in [4.78, 5) is 2.50. The minimum Gasteiger partial charge on any atom is -0.367 e. The highest BCUT2D eigenvalue weighted by atomic mass is 35.5. The third kappa shape index (κ3) is 2.52. The fourth-order valence-corrected chi connectivity index (χ4v) is 4.10. The Morgan fingerprint density at radius 2 is 2.00 bits per heavy atom. The quantitative estimate of drug-likeness (QED) is 0.752. The van der Waals surface area contributed by atoms with Crippen LogP contribution in [0.1, 0.15) is 49.7 Å². The zero-order valence-corrected chi connectivity index (χ0v) is 12.6. The van der Waals surface area contributed by atoms with Crippen molar-refractivity contribution in [1.29, 1.82) is 5.26 Å². The van der Waals surface area contributed by atoms with Crippen LogP contribution in [0.4, 0.5) is 5.69 Å². The Balaban J connectivity index is 1.93. The Kier molecular flexibility index (Phi) is 4.17. The van der Waals surface area contributed by atoms with E-state index in [0.717, 1.165) is 29.3 Å². The molecule has 1 aromatic rings. The molecule has 3 rings (SSSR count). The lowest BCUT2D eigenvalue weighted by molar-refractivity contribution is 0.244. The zero-order chi connectivity index (χ0) is 13.9. The van der Waals surface area contributed by atoms with Gasteiger partial charge in [0.1, 0.15) is 6.07 Å². The van der Waals surface area contributed by atoms with Gasteiger partial charge in [0.25, 0.3) is 0 Å². The van der Waals surface area contributed by atoms with Crippen LogP contribution in [0.2, 0.25) is 0 Å². The van der Waals surface area contributed by atoms with Crippen molar-refractivity contribution in [2.24, 2.45) is 5.92 Å². The van der Waals surface area contributed by atoms with E-state index in [9.17, 15) is 5.26 Å². The number of nitrogens with zero attached hydrogens (tertiary/aromatic N) is 2. The number of alkyl halides is 1. The molecule has 2 nitrogen and oxygen atoms in total. The molecule has 0 aromatic heterocycles. The van der Waals surface area contributed by atoms with E-state index in [2.05, 4.69) is 23.1 Å². The minimum absolute atomic E-state index is 0.473. The largest absolute Gasteiger partial charge is 0.367 e. The third-order valence-electron chi connectivity index (χ3n) is 4.89. The number of benzene rings is 1. The molecule has 3 heteroatoms. The number of hydrogen-bond donors (Lipinski definition) is 0. The summed E-state index contributed by atoms with van der Waals surface area (Å²) in [5.74, 6) is 1.30. The molecule has 2 fully saturated rings. The summed E-state index contributed by atoms with van der Waals surface area (Å²) in [6.07, 6.45) is 7.98. The fraction of sp³-hybridized carbons (Fsp3) is 0.588. The van der Waals surface area contributed by atoms with Gasteiger partial charge in [-0.25, -0.2) is 0 Å². The van der Waals surface area contributed by atoms with Crippen LogP contribution < -0.4 is 4.90 Å². The van der Waals surface area contributed by atoms with E-state index in [-0.39, 0.29) is 0 Å². The molecule has 0 unspecified atom stereocenters. The van der Waals surface area contributed by atoms with Gasteiger partial charge in [-0.3, -0.25) is 0 Å². The van der Waals surface area contributed by atoms with E-state index in [0.29, 0.717) is 11.9 Å². The maximum atomic E-state index is 9.45. The molecule has 0 spiro atoms. The van der Waals surface area contributed by atoms with Gasteiger partial charge in [-0.05, 0) is 49.3 Å². The standard InChI is InChI=1S/C17H21ClN2/c18-11-13-7-8-17(15(10-13)12-19)20-9-3-5-14-4-1-2-6-16(14)20/h7-8,10,14,16H,1-6,9,11H2/t14-,16-/m1/s1. The molecule has 0 radical (unpaired) electrons. The number of nitriles is 1. The molecule has 1 saturated heterocycles. The predicted molar refractivity (Wildman–Crippen MR) is 83.0 cm³/mol. The second kappa shape index (κ2) is 6.06. The van der Waals surface area contributed by atoms with E-state index in [1.807, 2.05) is 6.07 Å². The van der Waals surface area contributed by atoms with Gasteiger partial charge < -0.3 is 4.90 Å². The highest BCUT2D eigenvalue weighted by Crippen LogP contribution is 2.38. The third-order valence-corrected chi connectivity index (χ3v) is 5.20. The Hall–Kier alpha value is -1.20. The van der Waals surface area contributed by atoms with E-state index in [4.69, 9.17) is 11.6 Å². The molecule has 2 aliphatic rings. The van der Waals surface area contributed by atoms with Crippen LogP contribution in [0.5, 0.6) is 0 Å². The second-order valence-electron chi connectivity index (χ2n) is 6.04. The van der Waals surface area contributed by atoms with Gasteiger partial charge in [0.15, 0.2) is 0 Å². The first kappa shape index (κ1) is 13.8. The van der Waals surface area contributed by atoms with Gasteiger partial charge in [-0.1, -0.05) is 18.9 Å². The smallest absolute Gasteiger partial charge is 0.101 e. The molecule has 1 heterocycles. The molecule has 20 heavy (non-hydrogen) atoms. The molecule has 106 valence electrons. The lowest BCUT2D eigenvalue weighted by atomic mass is 9.78. The molecular formula is C17H21ClN2. The van der Waals surface area contributed by atoms with Crippen LogP contribution >= 0.6 is 11.6 Å². The Bertz CT molecular complexity index is 518. The van der Waals surface area contributed by atoms with Crippen molar-refractivity contribution in [3.63, 3.8) is 0 Å². The number of anilines is 1. The van der Waals surface area contributed by atoms with Gasteiger partial charge in [0.05, 0.1) is 11.3 Å². The summed E-state index contributed by atoms with van der Waals surface area (Å²) in [6.45, 7) is 1.09. The van der Waals surface area contributed by atoms with E-state index >= 15 is 0 Å². The van der Waals surface area contributed by atoms with Gasteiger partial charge in [0.2, 0.25) is 0 Å². The van der Waals surface area contributed by atoms with Crippen molar-refractivity contribution in [2.45, 2.75) is 50.4 Å². The first-order chi connectivity index (χ1) is 9.83. The maximum absolute atomic E-state index is 9.45. The number of halogens is 1. The van der Waals surface area contributed by atoms with E-state index in [1.165, 1.54) is 38.5 Å². The normalized spacial score (nSPS) is 25.9. The van der Waals surface area contributed by atoms with Crippen LogP contribution in [0.25, 0.3) is 0 Å². The minimum atomic E-state index is 0.473. The first-order valence-corrected chi connectivity index (χ1v) is 8.22. The average Bonchev–Trinajstić information content (AvgIpc) is 2.53. The van der Waals surface area contributed by atoms with Crippen molar-refractivity contribution >= 4 is 17.3 Å². The lowest BCUT2D eigenvalue weighted by Gasteiger charge is -2.45. The van der Waals surface area contributed by atoms with Crippen LogP contribution in [0, 0.1) is 17.2 Å². The summed E-state index contributed by atoms with van der Waals surface area (Å²) < 4.78 is 0. The Morgan fingerprint density at radius 1 is 1.20 bits per heavy atom. The van der Waals surface area contributed by atoms with Gasteiger partial charge >= 0.3 is 0 Å². The number of hydrogen-bond acceptors (Lipinski definition) is 2. The van der Waals surface area contributed by atoms with Crippen molar-refractivity contribution in [3.05, 3.63) is 29.3 Å². The monoisotopic (exact) mass is 288 g/mol. The van der Waals surface area contributed by atoms with Crippen molar-refractivity contribution in [1.82, 2.24) is 0 Å². The van der Waals surface area contributed by atoms with Gasteiger partial charge in [-0.15, -0.1) is 11.6 Å². The van der Waals surface area contributed by atoms with Crippen LogP contribution in [-0.2, 0) is 5.88 Å². The molecule has 1 aromatic carbocycles. The topological polar surface area (TPSA) is 27.0 Å². The summed E-state index contributed by atoms with van der Waals surface area (Å²) in [6, 6.07) is 9.13. The van der Waals surface area contributed by atoms with Crippen molar-refractivity contribution in [3.8, 4) is 6.07 Å². The van der Waals surface area contributed by atoms with Gasteiger partial charge in [-0.2, -0.15) is 5.26 Å². The second-order valence-corrected chi connectivity index (χ2v) is 6.31. The maximum Gasteiger partial charge on any atom is 0.101 e. The molecule has 1 aliphatic carbocycles. The molecule has 2 atom stereocenters. The number of piperidine rings is 1. The first-order valence-electron chi connectivity index (χ1n) is 7.69. The SMILES string of the molecule is N#Cc1cc(CCl)ccc1N1CCC[C@H]2CCCC[C@H]21. The lowest BCUT2D eigenvalue weighted by Crippen LogP contribution is -2.47. The summed E-state index contributed by atoms with van der Waals surface area (Å²) >= 11 is 5.88. The summed E-state index contributed by atoms with van der Waals surface area (Å²) in [7, 11) is 0. The molecule has 1 saturated carbocycles. The molecule has 0 bridgehead atoms. The zero-order valence-electron chi connectivity index (χ0n) is 11.8. The molecule has 0 amide bonds. The van der Waals surface area contributed by atoms with Crippen molar-refractivity contribution < 1.29 is 0 Å². The fourth-order valence-electron chi connectivity index (χ4n) is 3.93. The van der Waals surface area contributed by atoms with E-state index in [1.54, 1.807) is 0 Å². The molecule has 0 N–H and O–H groups in total. The number of fused-ring (bicyclic) bond motifs is 1. The predicted octanol–water partition coefficient (Wildman–Crippen LogP) is 4.46. The average molecular weight is 289 g/mol. The van der Waals surface area contributed by atoms with Gasteiger partial charge in [0, 0.05) is 18.5 Å². The highest BCUT2D eigenvalue weighted by Gasteiger charge is 2.34. The van der Waals surface area contributed by atoms with E-state index < -0.39 is 0 Å².